The van der Waals surface area contributed by atoms with Gasteiger partial charge in [0.2, 0.25) is 0 Å². The molecule has 1 aliphatic carbocycles. The van der Waals surface area contributed by atoms with E-state index in [1.807, 2.05) is 37.3 Å². The standard InChI is InChI=1S/C35H31O4PS/c1-3-24-22-25-14-10-12-20-29(25)32-33-30-21-13-11-15-26(30)23-31(35(33)39-40(36,37)38-34(24)32)41(2,27-16-6-4-7-17-27)28-18-8-5-9-19-28/h4,6-8,10-23H,3,5,9H2,1-2H3,(H,36,37). The predicted molar refractivity (Wildman–Crippen MR) is 170 cm³/mol. The summed E-state index contributed by atoms with van der Waals surface area (Å²) in [5.41, 5.74) is 2.49. The van der Waals surface area contributed by atoms with Crippen molar-refractivity contribution in [1.82, 2.24) is 0 Å². The SMILES string of the molecule is CCc1cc2ccccc2c2c1OP(=O)(O)Oc1c(S(C)(C3=CCCC=C3)c3ccccc3)cc3ccccc3c1-2. The van der Waals surface area contributed by atoms with Crippen LogP contribution in [0.15, 0.2) is 124 Å². The summed E-state index contributed by atoms with van der Waals surface area (Å²) in [6, 6.07) is 31.1. The molecule has 1 N–H and O–H groups in total. The third kappa shape index (κ3) is 4.23. The minimum Gasteiger partial charge on any atom is -0.394 e. The number of rotatable bonds is 4. The monoisotopic (exact) mass is 578 g/mol. The van der Waals surface area contributed by atoms with Crippen molar-refractivity contribution < 1.29 is 18.5 Å². The Morgan fingerprint density at radius 2 is 1.41 bits per heavy atom. The van der Waals surface area contributed by atoms with Crippen LogP contribution < -0.4 is 9.05 Å². The molecule has 0 spiro atoms. The summed E-state index contributed by atoms with van der Waals surface area (Å²) in [7, 11) is -6.45. The van der Waals surface area contributed by atoms with Crippen LogP contribution in [0.1, 0.15) is 25.3 Å². The molecule has 0 radical (unpaired) electrons. The lowest BCUT2D eigenvalue weighted by atomic mass is 9.90. The Balaban J connectivity index is 1.70. The number of hydrogen-bond acceptors (Lipinski definition) is 3. The minimum absolute atomic E-state index is 0.422. The van der Waals surface area contributed by atoms with Crippen LogP contribution >= 0.6 is 17.9 Å². The van der Waals surface area contributed by atoms with E-state index < -0.39 is 17.9 Å². The lowest BCUT2D eigenvalue weighted by Crippen LogP contribution is -2.08. The molecule has 1 aliphatic heterocycles. The smallest absolute Gasteiger partial charge is 0.394 e. The largest absolute Gasteiger partial charge is 0.584 e. The van der Waals surface area contributed by atoms with E-state index in [9.17, 15) is 9.46 Å². The summed E-state index contributed by atoms with van der Waals surface area (Å²) >= 11 is 0. The first-order valence-electron chi connectivity index (χ1n) is 13.9. The van der Waals surface area contributed by atoms with Gasteiger partial charge in [0.1, 0.15) is 5.75 Å². The van der Waals surface area contributed by atoms with Gasteiger partial charge < -0.3 is 9.05 Å². The van der Waals surface area contributed by atoms with Crippen molar-refractivity contribution in [3.05, 3.63) is 120 Å². The van der Waals surface area contributed by atoms with E-state index in [2.05, 4.69) is 85.1 Å². The molecule has 2 atom stereocenters. The highest BCUT2D eigenvalue weighted by Crippen LogP contribution is 2.72. The summed E-state index contributed by atoms with van der Waals surface area (Å²) in [5, 5.41) is 4.02. The Hall–Kier alpha value is -3.76. The zero-order valence-corrected chi connectivity index (χ0v) is 24.8. The molecule has 0 saturated heterocycles. The van der Waals surface area contributed by atoms with Gasteiger partial charge in [-0.2, -0.15) is 10.0 Å². The Morgan fingerprint density at radius 3 is 2.07 bits per heavy atom. The van der Waals surface area contributed by atoms with E-state index in [1.165, 1.54) is 4.91 Å². The van der Waals surface area contributed by atoms with E-state index >= 15 is 0 Å². The molecular formula is C35H31O4PS. The quantitative estimate of drug-likeness (QED) is 0.216. The van der Waals surface area contributed by atoms with Crippen molar-refractivity contribution in [2.75, 3.05) is 6.26 Å². The van der Waals surface area contributed by atoms with Gasteiger partial charge >= 0.3 is 7.82 Å². The van der Waals surface area contributed by atoms with Crippen molar-refractivity contribution in [3.63, 3.8) is 0 Å². The number of benzene rings is 5. The summed E-state index contributed by atoms with van der Waals surface area (Å²) in [6.45, 7) is 2.04. The van der Waals surface area contributed by atoms with E-state index in [4.69, 9.17) is 9.05 Å². The molecule has 4 nitrogen and oxygen atoms in total. The van der Waals surface area contributed by atoms with Gasteiger partial charge in [-0.05, 0) is 86.7 Å². The van der Waals surface area contributed by atoms with Crippen molar-refractivity contribution in [3.8, 4) is 22.6 Å². The Bertz CT molecular complexity index is 1950. The van der Waals surface area contributed by atoms with Crippen molar-refractivity contribution in [2.24, 2.45) is 0 Å². The molecule has 2 aliphatic rings. The molecule has 0 saturated carbocycles. The average molecular weight is 579 g/mol. The van der Waals surface area contributed by atoms with Crippen LogP contribution in [0.25, 0.3) is 32.7 Å². The molecule has 41 heavy (non-hydrogen) atoms. The lowest BCUT2D eigenvalue weighted by molar-refractivity contribution is 0.291. The van der Waals surface area contributed by atoms with Gasteiger partial charge in [0.15, 0.2) is 5.75 Å². The first-order valence-corrected chi connectivity index (χ1v) is 17.5. The fraction of sp³-hybridized carbons (Fsp3) is 0.143. The fourth-order valence-corrected chi connectivity index (χ4v) is 10.3. The van der Waals surface area contributed by atoms with Crippen molar-refractivity contribution in [1.29, 1.82) is 0 Å². The molecule has 5 aromatic rings. The zero-order valence-electron chi connectivity index (χ0n) is 23.0. The maximum absolute atomic E-state index is 13.8. The van der Waals surface area contributed by atoms with Gasteiger partial charge in [-0.25, -0.2) is 4.57 Å². The Kier molecular flexibility index (Phi) is 6.35. The second kappa shape index (κ2) is 9.95. The highest BCUT2D eigenvalue weighted by atomic mass is 32.3. The molecule has 0 bridgehead atoms. The predicted octanol–water partition coefficient (Wildman–Crippen LogP) is 10.2. The maximum atomic E-state index is 13.8. The number of phosphoric acid groups is 1. The van der Waals surface area contributed by atoms with Gasteiger partial charge in [-0.3, -0.25) is 4.89 Å². The molecule has 2 unspecified atom stereocenters. The van der Waals surface area contributed by atoms with Gasteiger partial charge in [0.05, 0.1) is 0 Å². The number of allylic oxidation sites excluding steroid dienone is 3. The zero-order chi connectivity index (χ0) is 28.2. The molecule has 1 heterocycles. The van der Waals surface area contributed by atoms with Crippen LogP contribution in [-0.2, 0) is 11.0 Å². The van der Waals surface area contributed by atoms with Crippen LogP contribution in [0, 0.1) is 0 Å². The van der Waals surface area contributed by atoms with E-state index in [1.54, 1.807) is 0 Å². The average Bonchev–Trinajstić information content (AvgIpc) is 3.14. The van der Waals surface area contributed by atoms with Crippen LogP contribution in [0.5, 0.6) is 11.5 Å². The molecule has 0 amide bonds. The lowest BCUT2D eigenvalue weighted by Gasteiger charge is -2.40. The van der Waals surface area contributed by atoms with Gasteiger partial charge in [0, 0.05) is 16.0 Å². The Morgan fingerprint density at radius 1 is 0.805 bits per heavy atom. The first-order chi connectivity index (χ1) is 19.9. The van der Waals surface area contributed by atoms with Crippen LogP contribution in [0.2, 0.25) is 0 Å². The molecule has 6 heteroatoms. The normalized spacial score (nSPS) is 20.1. The summed E-state index contributed by atoms with van der Waals surface area (Å²) < 4.78 is 26.0. The minimum atomic E-state index is -4.54. The van der Waals surface area contributed by atoms with Gasteiger partial charge in [-0.15, -0.1) is 0 Å². The topological polar surface area (TPSA) is 55.8 Å². The number of phosphoric ester groups is 1. The molecule has 206 valence electrons. The molecular weight excluding hydrogens is 547 g/mol. The van der Waals surface area contributed by atoms with E-state index in [0.717, 1.165) is 60.9 Å². The van der Waals surface area contributed by atoms with E-state index in [0.29, 0.717) is 17.9 Å². The number of hydrogen-bond donors (Lipinski definition) is 1. The van der Waals surface area contributed by atoms with Crippen LogP contribution in [-0.4, -0.2) is 11.1 Å². The fourth-order valence-electron chi connectivity index (χ4n) is 6.17. The van der Waals surface area contributed by atoms with E-state index in [-0.39, 0.29) is 0 Å². The number of aryl methyl sites for hydroxylation is 1. The highest BCUT2D eigenvalue weighted by molar-refractivity contribution is 8.36. The first kappa shape index (κ1) is 26.2. The second-order valence-electron chi connectivity index (χ2n) is 10.6. The van der Waals surface area contributed by atoms with Crippen LogP contribution in [0.4, 0.5) is 0 Å². The summed E-state index contributed by atoms with van der Waals surface area (Å²) in [5.74, 6) is 0.846. The number of fused-ring (bicyclic) bond motifs is 7. The van der Waals surface area contributed by atoms with Gasteiger partial charge in [0.25, 0.3) is 0 Å². The maximum Gasteiger partial charge on any atom is 0.584 e. The van der Waals surface area contributed by atoms with Crippen molar-refractivity contribution >= 4 is 39.4 Å². The summed E-state index contributed by atoms with van der Waals surface area (Å²) in [6.07, 6.45) is 11.6. The third-order valence-electron chi connectivity index (χ3n) is 8.18. The van der Waals surface area contributed by atoms with Gasteiger partial charge in [-0.1, -0.05) is 91.9 Å². The van der Waals surface area contributed by atoms with Crippen molar-refractivity contribution in [2.45, 2.75) is 36.0 Å². The molecule has 0 aromatic heterocycles. The molecule has 0 fully saturated rings. The Labute approximate surface area is 241 Å². The second-order valence-corrected chi connectivity index (χ2v) is 15.1. The highest BCUT2D eigenvalue weighted by Gasteiger charge is 2.40. The molecule has 5 aromatic carbocycles. The third-order valence-corrected chi connectivity index (χ3v) is 12.6. The molecule has 7 rings (SSSR count). The summed E-state index contributed by atoms with van der Waals surface area (Å²) in [4.78, 5) is 14.6. The van der Waals surface area contributed by atoms with Crippen LogP contribution in [0.3, 0.4) is 0 Å².